The van der Waals surface area contributed by atoms with Crippen LogP contribution in [0.25, 0.3) is 10.4 Å². The molecule has 0 bridgehead atoms. The first-order chi connectivity index (χ1) is 11.3. The van der Waals surface area contributed by atoms with E-state index >= 15 is 0 Å². The summed E-state index contributed by atoms with van der Waals surface area (Å²) < 4.78 is 20.3. The quantitative estimate of drug-likeness (QED) is 0.228. The van der Waals surface area contributed by atoms with E-state index in [1.807, 2.05) is 0 Å². The minimum atomic E-state index is -1.29. The van der Waals surface area contributed by atoms with E-state index in [9.17, 15) is 19.6 Å². The van der Waals surface area contributed by atoms with Crippen LogP contribution in [0.5, 0.6) is 0 Å². The zero-order valence-corrected chi connectivity index (χ0v) is 13.2. The van der Waals surface area contributed by atoms with Gasteiger partial charge in [0.1, 0.15) is 24.9 Å². The van der Waals surface area contributed by atoms with Gasteiger partial charge in [-0.2, -0.15) is 5.26 Å². The molecule has 1 aliphatic heterocycles. The van der Waals surface area contributed by atoms with E-state index in [1.54, 1.807) is 6.07 Å². The van der Waals surface area contributed by atoms with Crippen molar-refractivity contribution in [2.24, 2.45) is 5.11 Å². The molecule has 11 heteroatoms. The molecule has 11 nitrogen and oxygen atoms in total. The van der Waals surface area contributed by atoms with Crippen molar-refractivity contribution in [3.8, 4) is 6.07 Å². The Labute approximate surface area is 137 Å². The maximum Gasteiger partial charge on any atom is 0.303 e. The Morgan fingerprint density at radius 2 is 1.75 bits per heavy atom. The van der Waals surface area contributed by atoms with Gasteiger partial charge in [0.05, 0.1) is 6.07 Å². The zero-order chi connectivity index (χ0) is 18.3. The van der Waals surface area contributed by atoms with Gasteiger partial charge in [0.2, 0.25) is 0 Å². The predicted molar refractivity (Wildman–Crippen MR) is 74.9 cm³/mol. The van der Waals surface area contributed by atoms with Crippen LogP contribution in [0.1, 0.15) is 20.8 Å². The third-order valence-electron chi connectivity index (χ3n) is 3.03. The van der Waals surface area contributed by atoms with Crippen LogP contribution in [-0.4, -0.2) is 55.0 Å². The van der Waals surface area contributed by atoms with Crippen LogP contribution in [0.2, 0.25) is 0 Å². The zero-order valence-electron chi connectivity index (χ0n) is 13.2. The molecule has 0 aromatic carbocycles. The Kier molecular flexibility index (Phi) is 6.98. The summed E-state index contributed by atoms with van der Waals surface area (Å²) in [5.74, 6) is -2.07. The smallest absolute Gasteiger partial charge is 0.303 e. The van der Waals surface area contributed by atoms with Crippen molar-refractivity contribution >= 4 is 17.9 Å². The highest BCUT2D eigenvalue weighted by molar-refractivity contribution is 5.67. The lowest BCUT2D eigenvalue weighted by atomic mass is 9.93. The first kappa shape index (κ1) is 19.2. The second-order valence-corrected chi connectivity index (χ2v) is 4.87. The van der Waals surface area contributed by atoms with E-state index in [-0.39, 0.29) is 6.61 Å². The molecule has 0 aromatic heterocycles. The number of azide groups is 1. The highest BCUT2D eigenvalue weighted by Gasteiger charge is 2.50. The predicted octanol–water partition coefficient (Wildman–Crippen LogP) is 0.383. The van der Waals surface area contributed by atoms with Crippen LogP contribution in [0, 0.1) is 11.3 Å². The molecule has 1 fully saturated rings. The van der Waals surface area contributed by atoms with Crippen LogP contribution in [-0.2, 0) is 33.3 Å². The molecule has 24 heavy (non-hydrogen) atoms. The molecule has 1 aliphatic rings. The minimum Gasteiger partial charge on any atom is -0.463 e. The molecule has 0 amide bonds. The average molecular weight is 340 g/mol. The number of rotatable bonds is 5. The van der Waals surface area contributed by atoms with Crippen molar-refractivity contribution in [3.05, 3.63) is 10.4 Å². The largest absolute Gasteiger partial charge is 0.463 e. The number of nitriles is 1. The highest BCUT2D eigenvalue weighted by atomic mass is 16.6. The summed E-state index contributed by atoms with van der Waals surface area (Å²) >= 11 is 0. The van der Waals surface area contributed by atoms with Crippen molar-refractivity contribution in [1.82, 2.24) is 0 Å². The van der Waals surface area contributed by atoms with Crippen molar-refractivity contribution in [2.75, 3.05) is 6.61 Å². The molecule has 0 aromatic rings. The SMILES string of the molecule is CC(=O)OC[C@H]1O[C@@H](C#N)[C@H](OC(C)=O)[C@@H](N=[N+]=[N-])[C@H]1OC(C)=O. The van der Waals surface area contributed by atoms with Crippen LogP contribution >= 0.6 is 0 Å². The molecule has 0 radical (unpaired) electrons. The van der Waals surface area contributed by atoms with Gasteiger partial charge in [-0.25, -0.2) is 0 Å². The van der Waals surface area contributed by atoms with Gasteiger partial charge >= 0.3 is 17.9 Å². The molecule has 0 unspecified atom stereocenters. The van der Waals surface area contributed by atoms with Gasteiger partial charge < -0.3 is 18.9 Å². The topological polar surface area (TPSA) is 161 Å². The van der Waals surface area contributed by atoms with E-state index < -0.39 is 48.4 Å². The molecular weight excluding hydrogens is 324 g/mol. The molecular formula is C13H16N4O7. The van der Waals surface area contributed by atoms with Crippen LogP contribution < -0.4 is 0 Å². The Morgan fingerprint density at radius 1 is 1.17 bits per heavy atom. The number of carbonyl (C=O) groups is 3. The molecule has 0 saturated carbocycles. The van der Waals surface area contributed by atoms with E-state index in [1.165, 1.54) is 0 Å². The minimum absolute atomic E-state index is 0.338. The van der Waals surface area contributed by atoms with Gasteiger partial charge in [-0.3, -0.25) is 14.4 Å². The van der Waals surface area contributed by atoms with Crippen LogP contribution in [0.15, 0.2) is 5.11 Å². The van der Waals surface area contributed by atoms with Gasteiger partial charge in [0.15, 0.2) is 12.2 Å². The number of ether oxygens (including phenoxy) is 4. The molecule has 0 N–H and O–H groups in total. The first-order valence-corrected chi connectivity index (χ1v) is 6.87. The second-order valence-electron chi connectivity index (χ2n) is 4.87. The van der Waals surface area contributed by atoms with E-state index in [2.05, 4.69) is 10.0 Å². The summed E-state index contributed by atoms with van der Waals surface area (Å²) in [5.41, 5.74) is 8.75. The number of hydrogen-bond donors (Lipinski definition) is 0. The van der Waals surface area contributed by atoms with Crippen LogP contribution in [0.3, 0.4) is 0 Å². The van der Waals surface area contributed by atoms with E-state index in [0.717, 1.165) is 20.8 Å². The Bertz CT molecular complexity index is 596. The summed E-state index contributed by atoms with van der Waals surface area (Å²) in [7, 11) is 0. The molecule has 5 atom stereocenters. The van der Waals surface area contributed by atoms with Crippen molar-refractivity contribution < 1.29 is 33.3 Å². The third-order valence-corrected chi connectivity index (χ3v) is 3.03. The fourth-order valence-corrected chi connectivity index (χ4v) is 2.22. The van der Waals surface area contributed by atoms with Gasteiger partial charge in [0.25, 0.3) is 0 Å². The van der Waals surface area contributed by atoms with E-state index in [0.29, 0.717) is 0 Å². The average Bonchev–Trinajstić information content (AvgIpc) is 2.48. The molecule has 130 valence electrons. The Morgan fingerprint density at radius 3 is 2.21 bits per heavy atom. The lowest BCUT2D eigenvalue weighted by Gasteiger charge is -2.41. The fraction of sp³-hybridized carbons (Fsp3) is 0.692. The van der Waals surface area contributed by atoms with Crippen molar-refractivity contribution in [3.63, 3.8) is 0 Å². The standard InChI is InChI=1S/C13H16N4O7/c1-6(18)21-5-10-13(23-8(3)20)11(16-17-15)12(22-7(2)19)9(4-14)24-10/h9-13H,5H2,1-3H3/t9-,10+,11+,12-,13-/m0/s1. The summed E-state index contributed by atoms with van der Waals surface area (Å²) in [6.45, 7) is 3.05. The van der Waals surface area contributed by atoms with Gasteiger partial charge in [-0.15, -0.1) is 0 Å². The Balaban J connectivity index is 3.20. The molecule has 1 heterocycles. The van der Waals surface area contributed by atoms with Crippen LogP contribution in [0.4, 0.5) is 0 Å². The third kappa shape index (κ3) is 5.12. The summed E-state index contributed by atoms with van der Waals surface area (Å²) in [5, 5.41) is 12.7. The number of carbonyl (C=O) groups excluding carboxylic acids is 3. The highest BCUT2D eigenvalue weighted by Crippen LogP contribution is 2.28. The maximum absolute atomic E-state index is 11.3. The normalized spacial score (nSPS) is 28.7. The van der Waals surface area contributed by atoms with Gasteiger partial charge in [-0.1, -0.05) is 5.11 Å². The first-order valence-electron chi connectivity index (χ1n) is 6.87. The molecule has 1 saturated heterocycles. The maximum atomic E-state index is 11.3. The Hall–Kier alpha value is -2.83. The summed E-state index contributed by atoms with van der Waals surface area (Å²) in [4.78, 5) is 36.2. The summed E-state index contributed by atoms with van der Waals surface area (Å²) in [6.07, 6.45) is -4.84. The monoisotopic (exact) mass is 340 g/mol. The van der Waals surface area contributed by atoms with Gasteiger partial charge in [-0.05, 0) is 5.53 Å². The number of esters is 3. The summed E-state index contributed by atoms with van der Waals surface area (Å²) in [6, 6.07) is 0.555. The van der Waals surface area contributed by atoms with Crippen molar-refractivity contribution in [2.45, 2.75) is 51.2 Å². The van der Waals surface area contributed by atoms with Crippen molar-refractivity contribution in [1.29, 1.82) is 5.26 Å². The fourth-order valence-electron chi connectivity index (χ4n) is 2.22. The second kappa shape index (κ2) is 8.71. The van der Waals surface area contributed by atoms with E-state index in [4.69, 9.17) is 24.5 Å². The lowest BCUT2D eigenvalue weighted by molar-refractivity contribution is -0.206. The van der Waals surface area contributed by atoms with Gasteiger partial charge in [0, 0.05) is 25.7 Å². The number of hydrogen-bond acceptors (Lipinski definition) is 9. The molecule has 1 rings (SSSR count). The lowest BCUT2D eigenvalue weighted by Crippen LogP contribution is -2.60. The molecule has 0 spiro atoms. The number of nitrogens with zero attached hydrogens (tertiary/aromatic N) is 4. The molecule has 0 aliphatic carbocycles.